The van der Waals surface area contributed by atoms with Crippen molar-refractivity contribution < 1.29 is 17.9 Å². The van der Waals surface area contributed by atoms with Gasteiger partial charge >= 0.3 is 6.18 Å². The summed E-state index contributed by atoms with van der Waals surface area (Å²) >= 11 is 0. The molecule has 8 nitrogen and oxygen atoms in total. The van der Waals surface area contributed by atoms with Gasteiger partial charge in [-0.2, -0.15) is 18.4 Å². The van der Waals surface area contributed by atoms with E-state index in [1.54, 1.807) is 54.6 Å². The molecule has 0 bridgehead atoms. The summed E-state index contributed by atoms with van der Waals surface area (Å²) in [6, 6.07) is 15.5. The molecule has 0 saturated carbocycles. The quantitative estimate of drug-likeness (QED) is 0.566. The molecule has 3 aromatic rings. The first-order valence-corrected chi connectivity index (χ1v) is 10.6. The average molecular weight is 480 g/mol. The molecule has 0 amide bonds. The van der Waals surface area contributed by atoms with Crippen LogP contribution in [0.5, 0.6) is 5.75 Å². The molecule has 178 valence electrons. The van der Waals surface area contributed by atoms with Crippen molar-refractivity contribution in [1.29, 1.82) is 5.26 Å². The standard InChI is InChI=1S/C24H19F3N6O2/c1-15-5-7-16(8-6-15)14-33-22(34)21(24(25,26)27)31-32-23(33)30-17-9-11-19(12-10-17)35-20-4-2-3-18(13-28)29-20/h3,5-12H,2,4,14H2,1H3,(H,30,32). The lowest BCUT2D eigenvalue weighted by molar-refractivity contribution is -0.143. The van der Waals surface area contributed by atoms with Crippen molar-refractivity contribution in [2.75, 3.05) is 5.32 Å². The Hall–Kier alpha value is -4.46. The zero-order valence-electron chi connectivity index (χ0n) is 18.5. The van der Waals surface area contributed by atoms with Gasteiger partial charge in [0.2, 0.25) is 11.6 Å². The molecular weight excluding hydrogens is 461 g/mol. The molecule has 2 aromatic carbocycles. The summed E-state index contributed by atoms with van der Waals surface area (Å²) in [5.41, 5.74) is -0.539. The minimum absolute atomic E-state index is 0.129. The fourth-order valence-corrected chi connectivity index (χ4v) is 3.30. The van der Waals surface area contributed by atoms with E-state index in [9.17, 15) is 18.0 Å². The fraction of sp³-hybridized carbons (Fsp3) is 0.208. The zero-order valence-corrected chi connectivity index (χ0v) is 18.5. The van der Waals surface area contributed by atoms with Gasteiger partial charge in [-0.3, -0.25) is 9.36 Å². The van der Waals surface area contributed by atoms with Crippen LogP contribution < -0.4 is 15.6 Å². The maximum atomic E-state index is 13.3. The van der Waals surface area contributed by atoms with E-state index in [4.69, 9.17) is 10.00 Å². The highest BCUT2D eigenvalue weighted by atomic mass is 19.4. The molecule has 0 radical (unpaired) electrons. The van der Waals surface area contributed by atoms with E-state index in [-0.39, 0.29) is 18.2 Å². The Morgan fingerprint density at radius 2 is 1.83 bits per heavy atom. The lowest BCUT2D eigenvalue weighted by atomic mass is 10.1. The van der Waals surface area contributed by atoms with E-state index in [2.05, 4.69) is 20.5 Å². The summed E-state index contributed by atoms with van der Waals surface area (Å²) in [6.07, 6.45) is -2.01. The van der Waals surface area contributed by atoms with Crippen molar-refractivity contribution >= 4 is 17.5 Å². The van der Waals surface area contributed by atoms with Crippen molar-refractivity contribution in [2.24, 2.45) is 4.99 Å². The van der Waals surface area contributed by atoms with Crippen LogP contribution in [0.1, 0.15) is 29.7 Å². The van der Waals surface area contributed by atoms with E-state index < -0.39 is 17.4 Å². The summed E-state index contributed by atoms with van der Waals surface area (Å²) < 4.78 is 46.4. The number of hydrogen-bond donors (Lipinski definition) is 1. The number of aliphatic imine (C=N–C) groups is 1. The Morgan fingerprint density at radius 1 is 1.11 bits per heavy atom. The predicted molar refractivity (Wildman–Crippen MR) is 122 cm³/mol. The largest absolute Gasteiger partial charge is 0.443 e. The van der Waals surface area contributed by atoms with E-state index in [1.165, 1.54) is 0 Å². The molecule has 1 N–H and O–H groups in total. The Labute approximate surface area is 198 Å². The van der Waals surface area contributed by atoms with Crippen LogP contribution in [-0.2, 0) is 12.7 Å². The molecule has 0 fully saturated rings. The molecule has 0 aliphatic carbocycles. The van der Waals surface area contributed by atoms with E-state index in [0.717, 1.165) is 10.1 Å². The number of nitrogens with zero attached hydrogens (tertiary/aromatic N) is 5. The van der Waals surface area contributed by atoms with Gasteiger partial charge in [-0.15, -0.1) is 10.2 Å². The molecule has 1 aliphatic rings. The molecule has 1 aliphatic heterocycles. The smallest absolute Gasteiger partial charge is 0.440 e. The maximum Gasteiger partial charge on any atom is 0.440 e. The van der Waals surface area contributed by atoms with Gasteiger partial charge in [0, 0.05) is 12.1 Å². The van der Waals surface area contributed by atoms with Crippen LogP contribution in [0.2, 0.25) is 0 Å². The van der Waals surface area contributed by atoms with Gasteiger partial charge in [-0.05, 0) is 49.2 Å². The Balaban J connectivity index is 1.59. The summed E-state index contributed by atoms with van der Waals surface area (Å²) in [7, 11) is 0. The number of nitriles is 1. The Morgan fingerprint density at radius 3 is 2.49 bits per heavy atom. The number of rotatable bonds is 5. The number of aromatic nitrogens is 3. The van der Waals surface area contributed by atoms with Gasteiger partial charge < -0.3 is 10.1 Å². The number of hydrogen-bond acceptors (Lipinski definition) is 7. The third-order valence-corrected chi connectivity index (χ3v) is 5.08. The van der Waals surface area contributed by atoms with Gasteiger partial charge in [0.25, 0.3) is 5.56 Å². The predicted octanol–water partition coefficient (Wildman–Crippen LogP) is 4.74. The second-order valence-corrected chi connectivity index (χ2v) is 7.74. The van der Waals surface area contributed by atoms with Crippen molar-refractivity contribution in [1.82, 2.24) is 14.8 Å². The van der Waals surface area contributed by atoms with Gasteiger partial charge in [0.1, 0.15) is 17.5 Å². The molecule has 35 heavy (non-hydrogen) atoms. The summed E-state index contributed by atoms with van der Waals surface area (Å²) in [6.45, 7) is 1.75. The zero-order chi connectivity index (χ0) is 25.0. The van der Waals surface area contributed by atoms with Gasteiger partial charge in [0.15, 0.2) is 5.90 Å². The molecule has 0 spiro atoms. The first kappa shape index (κ1) is 23.7. The highest BCUT2D eigenvalue weighted by Gasteiger charge is 2.38. The molecule has 0 atom stereocenters. The Kier molecular flexibility index (Phi) is 6.64. The van der Waals surface area contributed by atoms with Gasteiger partial charge in [0.05, 0.1) is 6.54 Å². The highest BCUT2D eigenvalue weighted by Crippen LogP contribution is 2.26. The van der Waals surface area contributed by atoms with Gasteiger partial charge in [-0.1, -0.05) is 29.8 Å². The monoisotopic (exact) mass is 480 g/mol. The van der Waals surface area contributed by atoms with E-state index in [0.29, 0.717) is 35.7 Å². The topological polar surface area (TPSA) is 105 Å². The van der Waals surface area contributed by atoms with Crippen LogP contribution >= 0.6 is 0 Å². The van der Waals surface area contributed by atoms with Crippen molar-refractivity contribution in [3.05, 3.63) is 87.5 Å². The minimum atomic E-state index is -4.93. The third-order valence-electron chi connectivity index (χ3n) is 5.08. The third kappa shape index (κ3) is 5.73. The number of nitrogens with one attached hydrogen (secondary N) is 1. The molecule has 2 heterocycles. The van der Waals surface area contributed by atoms with Crippen molar-refractivity contribution in [2.45, 2.75) is 32.5 Å². The van der Waals surface area contributed by atoms with Crippen LogP contribution in [0, 0.1) is 18.3 Å². The summed E-state index contributed by atoms with van der Waals surface area (Å²) in [5.74, 6) is 0.729. The molecule has 1 aromatic heterocycles. The van der Waals surface area contributed by atoms with E-state index in [1.807, 2.05) is 13.0 Å². The number of benzene rings is 2. The minimum Gasteiger partial charge on any atom is -0.443 e. The number of ether oxygens (including phenoxy) is 1. The number of aryl methyl sites for hydroxylation is 1. The molecule has 0 saturated heterocycles. The Bertz CT molecular complexity index is 1390. The normalized spacial score (nSPS) is 13.5. The van der Waals surface area contributed by atoms with Gasteiger partial charge in [-0.25, -0.2) is 4.99 Å². The fourth-order valence-electron chi connectivity index (χ4n) is 3.30. The van der Waals surface area contributed by atoms with Crippen molar-refractivity contribution in [3.63, 3.8) is 0 Å². The molecule has 0 unspecified atom stereocenters. The second kappa shape index (κ2) is 9.80. The summed E-state index contributed by atoms with van der Waals surface area (Å²) in [5, 5.41) is 18.6. The van der Waals surface area contributed by atoms with Crippen molar-refractivity contribution in [3.8, 4) is 11.8 Å². The number of anilines is 2. The maximum absolute atomic E-state index is 13.3. The first-order valence-electron chi connectivity index (χ1n) is 10.6. The highest BCUT2D eigenvalue weighted by molar-refractivity contribution is 5.81. The van der Waals surface area contributed by atoms with Crippen LogP contribution in [0.15, 0.2) is 70.1 Å². The molecule has 4 rings (SSSR count). The van der Waals surface area contributed by atoms with Crippen LogP contribution in [0.4, 0.5) is 24.8 Å². The SMILES string of the molecule is Cc1ccc(Cn2c(Nc3ccc(OC4=NC(C#N)=CCC4)cc3)nnc(C(F)(F)F)c2=O)cc1. The number of alkyl halides is 3. The first-order chi connectivity index (χ1) is 16.7. The number of halogens is 3. The lowest BCUT2D eigenvalue weighted by Crippen LogP contribution is -2.33. The van der Waals surface area contributed by atoms with Crippen LogP contribution in [-0.4, -0.2) is 20.7 Å². The van der Waals surface area contributed by atoms with Crippen LogP contribution in [0.25, 0.3) is 0 Å². The van der Waals surface area contributed by atoms with Crippen LogP contribution in [0.3, 0.4) is 0 Å². The summed E-state index contributed by atoms with van der Waals surface area (Å²) in [4.78, 5) is 16.8. The molecule has 11 heteroatoms. The van der Waals surface area contributed by atoms with E-state index >= 15 is 0 Å². The molecular formula is C24H19F3N6O2. The average Bonchev–Trinajstić information content (AvgIpc) is 2.83. The second-order valence-electron chi connectivity index (χ2n) is 7.74. The number of allylic oxidation sites excluding steroid dienone is 2. The lowest BCUT2D eigenvalue weighted by Gasteiger charge is -2.16.